The quantitative estimate of drug-likeness (QED) is 0.328. The third-order valence-electron chi connectivity index (χ3n) is 1.91. The molecule has 0 aliphatic carbocycles. The predicted octanol–water partition coefficient (Wildman–Crippen LogP) is -1.72. The normalized spacial score (nSPS) is 12.0. The molecular weight excluding hydrogens is 210 g/mol. The molecule has 7 N–H and O–H groups in total. The van der Waals surface area contributed by atoms with Gasteiger partial charge in [0.1, 0.15) is 0 Å². The van der Waals surface area contributed by atoms with E-state index < -0.39 is 11.9 Å². The number of nitrogens with zero attached hydrogens (tertiary/aromatic N) is 1. The first kappa shape index (κ1) is 14.4. The van der Waals surface area contributed by atoms with E-state index in [9.17, 15) is 9.59 Å². The molecule has 0 aliphatic heterocycles. The van der Waals surface area contributed by atoms with Gasteiger partial charge in [-0.3, -0.25) is 9.59 Å². The van der Waals surface area contributed by atoms with E-state index in [-0.39, 0.29) is 30.8 Å². The van der Waals surface area contributed by atoms with Gasteiger partial charge in [-0.05, 0) is 5.92 Å². The first-order valence-corrected chi connectivity index (χ1v) is 5.00. The highest BCUT2D eigenvalue weighted by molar-refractivity contribution is 5.91. The van der Waals surface area contributed by atoms with Crippen LogP contribution in [-0.4, -0.2) is 30.4 Å². The Morgan fingerprint density at radius 3 is 2.31 bits per heavy atom. The van der Waals surface area contributed by atoms with Crippen LogP contribution in [0.2, 0.25) is 0 Å². The van der Waals surface area contributed by atoms with Crippen molar-refractivity contribution in [1.82, 2.24) is 5.32 Å². The molecule has 0 saturated carbocycles. The number of amides is 2. The Bertz CT molecular complexity index is 284. The summed E-state index contributed by atoms with van der Waals surface area (Å²) in [4.78, 5) is 25.7. The highest BCUT2D eigenvalue weighted by Gasteiger charge is 2.16. The maximum atomic E-state index is 11.4. The summed E-state index contributed by atoms with van der Waals surface area (Å²) in [6, 6.07) is -0.571. The van der Waals surface area contributed by atoms with Crippen LogP contribution in [-0.2, 0) is 9.59 Å². The highest BCUT2D eigenvalue weighted by atomic mass is 16.2. The molecule has 1 atom stereocenters. The molecule has 92 valence electrons. The number of nitrogens with one attached hydrogen (secondary N) is 1. The standard InChI is InChI=1S/C9H19N5O2/c1-5(2)7(10)8(16)13-4-3-6(15)14-9(11)12/h5,7H,3-4,10H2,1-2H3,(H,13,16)(H4,11,12,14,15). The largest absolute Gasteiger partial charge is 0.370 e. The zero-order chi connectivity index (χ0) is 12.7. The van der Waals surface area contributed by atoms with Gasteiger partial charge in [0.15, 0.2) is 5.96 Å². The molecule has 7 nitrogen and oxygen atoms in total. The lowest BCUT2D eigenvalue weighted by atomic mass is 10.1. The summed E-state index contributed by atoms with van der Waals surface area (Å²) in [5.41, 5.74) is 15.6. The maximum Gasteiger partial charge on any atom is 0.250 e. The molecule has 0 saturated heterocycles. The maximum absolute atomic E-state index is 11.4. The Morgan fingerprint density at radius 1 is 1.31 bits per heavy atom. The molecule has 0 aliphatic rings. The fraction of sp³-hybridized carbons (Fsp3) is 0.667. The van der Waals surface area contributed by atoms with Crippen molar-refractivity contribution in [2.45, 2.75) is 26.3 Å². The lowest BCUT2D eigenvalue weighted by Gasteiger charge is -2.14. The van der Waals surface area contributed by atoms with E-state index in [0.29, 0.717) is 0 Å². The van der Waals surface area contributed by atoms with Gasteiger partial charge in [-0.15, -0.1) is 0 Å². The van der Waals surface area contributed by atoms with Crippen LogP contribution in [0.3, 0.4) is 0 Å². The van der Waals surface area contributed by atoms with Crippen molar-refractivity contribution < 1.29 is 9.59 Å². The molecule has 0 fully saturated rings. The predicted molar refractivity (Wildman–Crippen MR) is 61.3 cm³/mol. The minimum absolute atomic E-state index is 0.0495. The second-order valence-electron chi connectivity index (χ2n) is 3.74. The second kappa shape index (κ2) is 6.78. The van der Waals surface area contributed by atoms with Gasteiger partial charge in [-0.1, -0.05) is 13.8 Å². The van der Waals surface area contributed by atoms with Crippen LogP contribution in [0.15, 0.2) is 4.99 Å². The fourth-order valence-electron chi connectivity index (χ4n) is 0.913. The zero-order valence-corrected chi connectivity index (χ0v) is 9.56. The molecule has 0 heterocycles. The van der Waals surface area contributed by atoms with Crippen molar-refractivity contribution in [2.24, 2.45) is 28.1 Å². The van der Waals surface area contributed by atoms with E-state index in [1.165, 1.54) is 0 Å². The minimum atomic E-state index is -0.571. The minimum Gasteiger partial charge on any atom is -0.370 e. The molecule has 2 amide bonds. The number of aliphatic imine (C=N–C) groups is 1. The van der Waals surface area contributed by atoms with E-state index in [1.807, 2.05) is 13.8 Å². The zero-order valence-electron chi connectivity index (χ0n) is 9.56. The average Bonchev–Trinajstić information content (AvgIpc) is 2.14. The summed E-state index contributed by atoms with van der Waals surface area (Å²) in [7, 11) is 0. The fourth-order valence-corrected chi connectivity index (χ4v) is 0.913. The third kappa shape index (κ3) is 5.97. The topological polar surface area (TPSA) is 137 Å². The lowest BCUT2D eigenvalue weighted by Crippen LogP contribution is -2.44. The van der Waals surface area contributed by atoms with E-state index in [1.54, 1.807) is 0 Å². The van der Waals surface area contributed by atoms with E-state index in [4.69, 9.17) is 17.2 Å². The van der Waals surface area contributed by atoms with Crippen LogP contribution in [0.5, 0.6) is 0 Å². The molecule has 0 radical (unpaired) electrons. The van der Waals surface area contributed by atoms with E-state index in [0.717, 1.165) is 0 Å². The number of hydrogen-bond donors (Lipinski definition) is 4. The number of nitrogens with two attached hydrogens (primary N) is 3. The smallest absolute Gasteiger partial charge is 0.250 e. The van der Waals surface area contributed by atoms with Crippen molar-refractivity contribution in [3.05, 3.63) is 0 Å². The van der Waals surface area contributed by atoms with Crippen molar-refractivity contribution in [3.63, 3.8) is 0 Å². The summed E-state index contributed by atoms with van der Waals surface area (Å²) < 4.78 is 0. The monoisotopic (exact) mass is 229 g/mol. The number of hydrogen-bond acceptors (Lipinski definition) is 3. The molecule has 7 heteroatoms. The second-order valence-corrected chi connectivity index (χ2v) is 3.74. The number of carbonyl (C=O) groups excluding carboxylic acids is 2. The van der Waals surface area contributed by atoms with E-state index >= 15 is 0 Å². The Morgan fingerprint density at radius 2 is 1.88 bits per heavy atom. The van der Waals surface area contributed by atoms with Crippen LogP contribution >= 0.6 is 0 Å². The summed E-state index contributed by atoms with van der Waals surface area (Å²) >= 11 is 0. The molecule has 1 unspecified atom stereocenters. The Kier molecular flexibility index (Phi) is 6.09. The first-order chi connectivity index (χ1) is 7.34. The Balaban J connectivity index is 3.87. The molecular formula is C9H19N5O2. The van der Waals surface area contributed by atoms with Crippen molar-refractivity contribution in [2.75, 3.05) is 6.54 Å². The summed E-state index contributed by atoms with van der Waals surface area (Å²) in [6.45, 7) is 3.86. The summed E-state index contributed by atoms with van der Waals surface area (Å²) in [6.07, 6.45) is 0.0501. The molecule has 0 aromatic heterocycles. The number of rotatable bonds is 5. The van der Waals surface area contributed by atoms with Gasteiger partial charge >= 0.3 is 0 Å². The molecule has 0 aromatic rings. The van der Waals surface area contributed by atoms with Gasteiger partial charge in [-0.25, -0.2) is 0 Å². The Hall–Kier alpha value is -1.63. The summed E-state index contributed by atoms with van der Waals surface area (Å²) in [5, 5.41) is 2.53. The van der Waals surface area contributed by atoms with Crippen molar-refractivity contribution in [3.8, 4) is 0 Å². The van der Waals surface area contributed by atoms with Crippen molar-refractivity contribution in [1.29, 1.82) is 0 Å². The van der Waals surface area contributed by atoms with Crippen LogP contribution < -0.4 is 22.5 Å². The molecule has 0 spiro atoms. The van der Waals surface area contributed by atoms with Crippen LogP contribution in [0.25, 0.3) is 0 Å². The van der Waals surface area contributed by atoms with Crippen LogP contribution in [0, 0.1) is 5.92 Å². The molecule has 16 heavy (non-hydrogen) atoms. The van der Waals surface area contributed by atoms with Gasteiger partial charge in [0.25, 0.3) is 5.91 Å². The average molecular weight is 229 g/mol. The van der Waals surface area contributed by atoms with Crippen LogP contribution in [0.1, 0.15) is 20.3 Å². The highest BCUT2D eigenvalue weighted by Crippen LogP contribution is 1.97. The van der Waals surface area contributed by atoms with Gasteiger partial charge in [0.05, 0.1) is 6.04 Å². The number of guanidine groups is 1. The summed E-state index contributed by atoms with van der Waals surface area (Å²) in [5.74, 6) is -0.991. The van der Waals surface area contributed by atoms with Crippen molar-refractivity contribution >= 4 is 17.8 Å². The molecule has 0 rings (SSSR count). The lowest BCUT2D eigenvalue weighted by molar-refractivity contribution is -0.123. The third-order valence-corrected chi connectivity index (χ3v) is 1.91. The van der Waals surface area contributed by atoms with Gasteiger partial charge in [-0.2, -0.15) is 4.99 Å². The first-order valence-electron chi connectivity index (χ1n) is 5.00. The van der Waals surface area contributed by atoms with Gasteiger partial charge in [0.2, 0.25) is 5.91 Å². The number of carbonyl (C=O) groups is 2. The molecule has 0 bridgehead atoms. The SMILES string of the molecule is CC(C)C(N)C(=O)NCCC(=O)N=C(N)N. The Labute approximate surface area is 94.4 Å². The van der Waals surface area contributed by atoms with Gasteiger partial charge < -0.3 is 22.5 Å². The molecule has 0 aromatic carbocycles. The van der Waals surface area contributed by atoms with E-state index in [2.05, 4.69) is 10.3 Å². The van der Waals surface area contributed by atoms with Crippen LogP contribution in [0.4, 0.5) is 0 Å². The van der Waals surface area contributed by atoms with Gasteiger partial charge in [0, 0.05) is 13.0 Å².